The van der Waals surface area contributed by atoms with Crippen molar-refractivity contribution in [2.75, 3.05) is 4.90 Å². The molecule has 0 amide bonds. The highest BCUT2D eigenvalue weighted by atomic mass is 32.1. The Kier molecular flexibility index (Phi) is 5.57. The highest BCUT2D eigenvalue weighted by molar-refractivity contribution is 7.26. The largest absolute Gasteiger partial charge is 0.310 e. The van der Waals surface area contributed by atoms with Gasteiger partial charge in [0.1, 0.15) is 0 Å². The molecule has 1 aliphatic rings. The summed E-state index contributed by atoms with van der Waals surface area (Å²) in [5, 5.41) is 10.5. The Morgan fingerprint density at radius 2 is 1.19 bits per heavy atom. The molecule has 0 saturated carbocycles. The number of hydrogen-bond acceptors (Lipinski definition) is 2. The molecule has 0 N–H and O–H groups in total. The molecule has 2 heteroatoms. The molecule has 8 aromatic carbocycles. The van der Waals surface area contributed by atoms with Gasteiger partial charge in [0, 0.05) is 37.0 Å². The summed E-state index contributed by atoms with van der Waals surface area (Å²) in [5.41, 5.74) is 9.06. The molecule has 0 aliphatic heterocycles. The second kappa shape index (κ2) is 9.78. The lowest BCUT2D eigenvalue weighted by molar-refractivity contribution is 0.666. The lowest BCUT2D eigenvalue weighted by Gasteiger charge is -2.27. The fraction of sp³-hybridized carbons (Fsp3) is 0.0667. The molecule has 1 aliphatic carbocycles. The predicted octanol–water partition coefficient (Wildman–Crippen LogP) is 13.3. The number of fused-ring (bicyclic) bond motifs is 13. The van der Waals surface area contributed by atoms with Crippen LogP contribution in [0.15, 0.2) is 152 Å². The zero-order chi connectivity index (χ0) is 31.3. The van der Waals surface area contributed by atoms with Crippen LogP contribution in [-0.2, 0) is 5.41 Å². The van der Waals surface area contributed by atoms with Crippen LogP contribution in [0.2, 0.25) is 0 Å². The van der Waals surface area contributed by atoms with Gasteiger partial charge < -0.3 is 4.90 Å². The summed E-state index contributed by atoms with van der Waals surface area (Å²) < 4.78 is 2.62. The third-order valence-electron chi connectivity index (χ3n) is 10.4. The molecule has 0 saturated heterocycles. The standard InChI is InChI=1S/C45H31NS/c1-45(2)37-19-10-8-17-34(37)42-36-25-23-28-27-30(24-26-31(28)41(36)32-15-6-7-16-33(32)44(42)45)46(29-13-4-3-5-14-29)38-20-12-22-40-43(38)35-18-9-11-21-39(35)47-40/h3-27H,1-2H3. The zero-order valence-electron chi connectivity index (χ0n) is 26.3. The molecule has 47 heavy (non-hydrogen) atoms. The first-order chi connectivity index (χ1) is 23.1. The van der Waals surface area contributed by atoms with E-state index in [1.807, 2.05) is 11.3 Å². The van der Waals surface area contributed by atoms with Crippen LogP contribution >= 0.6 is 11.3 Å². The minimum Gasteiger partial charge on any atom is -0.310 e. The van der Waals surface area contributed by atoms with Gasteiger partial charge in [-0.2, -0.15) is 0 Å². The van der Waals surface area contributed by atoms with Gasteiger partial charge in [0.25, 0.3) is 0 Å². The molecular weight excluding hydrogens is 587 g/mol. The van der Waals surface area contributed by atoms with Crippen molar-refractivity contribution in [2.45, 2.75) is 19.3 Å². The molecule has 0 atom stereocenters. The summed E-state index contributed by atoms with van der Waals surface area (Å²) in [7, 11) is 0. The Hall–Kier alpha value is -5.44. The molecule has 0 bridgehead atoms. The Bertz CT molecular complexity index is 2720. The van der Waals surface area contributed by atoms with Gasteiger partial charge in [-0.3, -0.25) is 0 Å². The van der Waals surface area contributed by atoms with Gasteiger partial charge in [0.2, 0.25) is 0 Å². The van der Waals surface area contributed by atoms with E-state index in [9.17, 15) is 0 Å². The molecule has 1 aromatic heterocycles. The number of nitrogens with zero attached hydrogens (tertiary/aromatic N) is 1. The normalized spacial score (nSPS) is 13.5. The van der Waals surface area contributed by atoms with Crippen LogP contribution < -0.4 is 4.90 Å². The average Bonchev–Trinajstić information content (AvgIpc) is 3.61. The van der Waals surface area contributed by atoms with Crippen LogP contribution in [0.4, 0.5) is 17.1 Å². The van der Waals surface area contributed by atoms with Crippen molar-refractivity contribution in [3.8, 4) is 11.1 Å². The first-order valence-electron chi connectivity index (χ1n) is 16.4. The average molecular weight is 618 g/mol. The number of rotatable bonds is 3. The highest BCUT2D eigenvalue weighted by Gasteiger charge is 2.38. The smallest absolute Gasteiger partial charge is 0.0554 e. The lowest BCUT2D eigenvalue weighted by atomic mass is 9.79. The van der Waals surface area contributed by atoms with E-state index in [0.29, 0.717) is 0 Å². The number of para-hydroxylation sites is 1. The van der Waals surface area contributed by atoms with Gasteiger partial charge in [-0.15, -0.1) is 11.3 Å². The minimum absolute atomic E-state index is 0.0679. The van der Waals surface area contributed by atoms with Crippen LogP contribution in [-0.4, -0.2) is 0 Å². The topological polar surface area (TPSA) is 3.24 Å². The molecule has 1 nitrogen and oxygen atoms in total. The van der Waals surface area contributed by atoms with Gasteiger partial charge in [-0.05, 0) is 97.0 Å². The van der Waals surface area contributed by atoms with E-state index in [2.05, 4.69) is 170 Å². The van der Waals surface area contributed by atoms with E-state index in [4.69, 9.17) is 0 Å². The number of anilines is 3. The molecule has 0 spiro atoms. The second-order valence-corrected chi connectivity index (χ2v) is 14.4. The fourth-order valence-electron chi connectivity index (χ4n) is 8.40. The maximum Gasteiger partial charge on any atom is 0.0554 e. The van der Waals surface area contributed by atoms with Crippen LogP contribution in [0.3, 0.4) is 0 Å². The third-order valence-corrected chi connectivity index (χ3v) is 11.5. The summed E-state index contributed by atoms with van der Waals surface area (Å²) in [6.07, 6.45) is 0. The van der Waals surface area contributed by atoms with Gasteiger partial charge in [-0.25, -0.2) is 0 Å². The van der Waals surface area contributed by atoms with Crippen molar-refractivity contribution in [1.82, 2.24) is 0 Å². The van der Waals surface area contributed by atoms with E-state index in [-0.39, 0.29) is 5.41 Å². The Labute approximate surface area is 278 Å². The summed E-state index contributed by atoms with van der Waals surface area (Å²) in [5.74, 6) is 0. The molecule has 222 valence electrons. The van der Waals surface area contributed by atoms with Crippen LogP contribution in [0.25, 0.3) is 63.6 Å². The number of thiophene rings is 1. The maximum absolute atomic E-state index is 2.44. The first-order valence-corrected chi connectivity index (χ1v) is 17.2. The van der Waals surface area contributed by atoms with E-state index < -0.39 is 0 Å². The van der Waals surface area contributed by atoms with E-state index in [1.54, 1.807) is 0 Å². The van der Waals surface area contributed by atoms with Gasteiger partial charge in [0.15, 0.2) is 0 Å². The van der Waals surface area contributed by atoms with Crippen LogP contribution in [0.1, 0.15) is 25.0 Å². The highest BCUT2D eigenvalue weighted by Crippen LogP contribution is 2.55. The summed E-state index contributed by atoms with van der Waals surface area (Å²) in [6, 6.07) is 56.1. The van der Waals surface area contributed by atoms with E-state index in [0.717, 1.165) is 11.4 Å². The van der Waals surface area contributed by atoms with Gasteiger partial charge >= 0.3 is 0 Å². The monoisotopic (exact) mass is 617 g/mol. The molecule has 0 radical (unpaired) electrons. The number of benzene rings is 8. The van der Waals surface area contributed by atoms with Crippen molar-refractivity contribution in [2.24, 2.45) is 0 Å². The van der Waals surface area contributed by atoms with Gasteiger partial charge in [-0.1, -0.05) is 123 Å². The van der Waals surface area contributed by atoms with Crippen molar-refractivity contribution in [3.63, 3.8) is 0 Å². The van der Waals surface area contributed by atoms with Crippen molar-refractivity contribution in [3.05, 3.63) is 163 Å². The van der Waals surface area contributed by atoms with E-state index in [1.165, 1.54) is 80.4 Å². The third kappa shape index (κ3) is 3.71. The van der Waals surface area contributed by atoms with Crippen molar-refractivity contribution >= 4 is 80.9 Å². The van der Waals surface area contributed by atoms with Crippen molar-refractivity contribution in [1.29, 1.82) is 0 Å². The molecule has 1 heterocycles. The predicted molar refractivity (Wildman–Crippen MR) is 204 cm³/mol. The molecule has 0 unspecified atom stereocenters. The SMILES string of the molecule is CC1(C)c2ccccc2-c2c1c1ccccc1c1c2ccc2cc(N(c3ccccc3)c3cccc4sc5ccccc5c34)ccc21. The fourth-order valence-corrected chi connectivity index (χ4v) is 9.53. The lowest BCUT2D eigenvalue weighted by Crippen LogP contribution is -2.15. The van der Waals surface area contributed by atoms with E-state index >= 15 is 0 Å². The Morgan fingerprint density at radius 1 is 0.489 bits per heavy atom. The number of hydrogen-bond donors (Lipinski definition) is 0. The first kappa shape index (κ1) is 26.7. The zero-order valence-corrected chi connectivity index (χ0v) is 27.1. The summed E-state index contributed by atoms with van der Waals surface area (Å²) >= 11 is 1.87. The maximum atomic E-state index is 2.44. The summed E-state index contributed by atoms with van der Waals surface area (Å²) in [4.78, 5) is 2.44. The second-order valence-electron chi connectivity index (χ2n) is 13.3. The molecular formula is C45H31NS. The Morgan fingerprint density at radius 3 is 2.06 bits per heavy atom. The Balaban J connectivity index is 1.27. The molecule has 0 fully saturated rings. The van der Waals surface area contributed by atoms with Crippen molar-refractivity contribution < 1.29 is 0 Å². The quantitative estimate of drug-likeness (QED) is 0.178. The van der Waals surface area contributed by atoms with Crippen LogP contribution in [0.5, 0.6) is 0 Å². The molecule has 9 aromatic rings. The molecule has 10 rings (SSSR count). The van der Waals surface area contributed by atoms with Crippen LogP contribution in [0, 0.1) is 0 Å². The minimum atomic E-state index is -0.0679. The van der Waals surface area contributed by atoms with Gasteiger partial charge in [0.05, 0.1) is 5.69 Å². The summed E-state index contributed by atoms with van der Waals surface area (Å²) in [6.45, 7) is 4.78.